The topological polar surface area (TPSA) is 105 Å². The summed E-state index contributed by atoms with van der Waals surface area (Å²) in [6.45, 7) is 3.41. The highest BCUT2D eigenvalue weighted by Gasteiger charge is 2.07. The number of rotatable bonds is 24. The molecule has 1 aromatic carbocycles. The van der Waals surface area contributed by atoms with Crippen LogP contribution in [0.2, 0.25) is 0 Å². The van der Waals surface area contributed by atoms with Crippen LogP contribution < -0.4 is 9.47 Å². The van der Waals surface area contributed by atoms with Crippen molar-refractivity contribution < 1.29 is 27.8 Å². The zero-order chi connectivity index (χ0) is 29.6. The van der Waals surface area contributed by atoms with Gasteiger partial charge in [0.05, 0.1) is 10.1 Å². The number of benzene rings is 1. The van der Waals surface area contributed by atoms with E-state index in [-0.39, 0.29) is 5.75 Å². The van der Waals surface area contributed by atoms with Crippen molar-refractivity contribution in [2.45, 2.75) is 96.4 Å². The van der Waals surface area contributed by atoms with Crippen molar-refractivity contribution in [2.24, 2.45) is 0 Å². The van der Waals surface area contributed by atoms with Gasteiger partial charge in [-0.3, -0.25) is 0 Å². The molecule has 0 fully saturated rings. The molecule has 0 spiro atoms. The Kier molecular flexibility index (Phi) is 18.3. The molecular weight excluding hydrogens is 536 g/mol. The average Bonchev–Trinajstić information content (AvgIpc) is 2.96. The molecule has 0 radical (unpaired) electrons. The molecule has 0 saturated carbocycles. The van der Waals surface area contributed by atoms with Crippen LogP contribution in [0.25, 0.3) is 12.2 Å². The zero-order valence-corrected chi connectivity index (χ0v) is 25.7. The van der Waals surface area contributed by atoms with Gasteiger partial charge in [-0.05, 0) is 55.4 Å². The smallest absolute Gasteiger partial charge is 0.169 e. The fraction of sp³-hybridized carbons (Fsp3) is 0.606. The van der Waals surface area contributed by atoms with Crippen molar-refractivity contribution >= 4 is 28.0 Å². The minimum Gasteiger partial charge on any atom is -0.748 e. The van der Waals surface area contributed by atoms with E-state index in [0.29, 0.717) is 32.6 Å². The standard InChI is InChI=1S/C33H52N2O5S/c36-28-12-7-3-1-5-9-24-35(25-10-6-2-4-8-13-29-37)33-19-17-31(18-20-33)15-16-32-21-26-34(27-22-32)23-11-14-30-41(38,39)40/h15-22,26-27,36-37H,1-14,23-25,28-30H2. The van der Waals surface area contributed by atoms with E-state index in [1.54, 1.807) is 0 Å². The molecule has 1 aromatic heterocycles. The molecule has 0 amide bonds. The fourth-order valence-corrected chi connectivity index (χ4v) is 5.46. The Bertz CT molecular complexity index is 1040. The van der Waals surface area contributed by atoms with Crippen molar-refractivity contribution in [1.82, 2.24) is 0 Å². The molecule has 0 bridgehead atoms. The summed E-state index contributed by atoms with van der Waals surface area (Å²) >= 11 is 0. The molecule has 0 saturated heterocycles. The third-order valence-electron chi connectivity index (χ3n) is 7.38. The summed E-state index contributed by atoms with van der Waals surface area (Å²) in [6.07, 6.45) is 22.9. The third-order valence-corrected chi connectivity index (χ3v) is 8.17. The van der Waals surface area contributed by atoms with Gasteiger partial charge in [0.1, 0.15) is 6.54 Å². The number of pyridine rings is 1. The number of hydrogen-bond acceptors (Lipinski definition) is 6. The van der Waals surface area contributed by atoms with Crippen LogP contribution in [-0.4, -0.2) is 55.2 Å². The second kappa shape index (κ2) is 21.4. The van der Waals surface area contributed by atoms with Gasteiger partial charge in [0.25, 0.3) is 0 Å². The molecule has 41 heavy (non-hydrogen) atoms. The summed E-state index contributed by atoms with van der Waals surface area (Å²) in [6, 6.07) is 12.9. The molecule has 7 nitrogen and oxygen atoms in total. The van der Waals surface area contributed by atoms with Gasteiger partial charge in [0.2, 0.25) is 0 Å². The van der Waals surface area contributed by atoms with Gasteiger partial charge < -0.3 is 19.7 Å². The van der Waals surface area contributed by atoms with Crippen LogP contribution in [0.4, 0.5) is 5.69 Å². The maximum Gasteiger partial charge on any atom is 0.169 e. The van der Waals surface area contributed by atoms with E-state index in [1.807, 2.05) is 29.1 Å². The lowest BCUT2D eigenvalue weighted by Gasteiger charge is -2.25. The first-order valence-corrected chi connectivity index (χ1v) is 17.2. The predicted octanol–water partition coefficient (Wildman–Crippen LogP) is 5.94. The molecule has 0 aliphatic rings. The van der Waals surface area contributed by atoms with Crippen molar-refractivity contribution in [3.8, 4) is 0 Å². The number of anilines is 1. The number of unbranched alkanes of at least 4 members (excludes halogenated alkanes) is 11. The lowest BCUT2D eigenvalue weighted by atomic mass is 10.1. The van der Waals surface area contributed by atoms with Crippen LogP contribution in [0, 0.1) is 0 Å². The van der Waals surface area contributed by atoms with E-state index in [4.69, 9.17) is 10.2 Å². The highest BCUT2D eigenvalue weighted by atomic mass is 32.2. The fourth-order valence-electron chi connectivity index (χ4n) is 4.90. The predicted molar refractivity (Wildman–Crippen MR) is 168 cm³/mol. The maximum atomic E-state index is 10.7. The Morgan fingerprint density at radius 3 is 1.59 bits per heavy atom. The minimum absolute atomic E-state index is 0.298. The summed E-state index contributed by atoms with van der Waals surface area (Å²) in [7, 11) is -4.13. The number of aliphatic hydroxyl groups excluding tert-OH is 2. The Balaban J connectivity index is 1.86. The first kappa shape index (κ1) is 34.9. The van der Waals surface area contributed by atoms with E-state index in [2.05, 4.69) is 41.3 Å². The molecular formula is C33H52N2O5S. The van der Waals surface area contributed by atoms with Gasteiger partial charge in [-0.1, -0.05) is 75.7 Å². The van der Waals surface area contributed by atoms with Crippen molar-refractivity contribution in [3.63, 3.8) is 0 Å². The third kappa shape index (κ3) is 17.3. The van der Waals surface area contributed by atoms with E-state index in [0.717, 1.165) is 49.9 Å². The average molecular weight is 589 g/mol. The Morgan fingerprint density at radius 2 is 1.10 bits per heavy atom. The number of aromatic nitrogens is 1. The van der Waals surface area contributed by atoms with E-state index < -0.39 is 10.1 Å². The summed E-state index contributed by atoms with van der Waals surface area (Å²) in [5, 5.41) is 17.9. The summed E-state index contributed by atoms with van der Waals surface area (Å²) in [5.74, 6) is -0.302. The van der Waals surface area contributed by atoms with Gasteiger partial charge in [0.15, 0.2) is 12.4 Å². The van der Waals surface area contributed by atoms with Crippen LogP contribution in [-0.2, 0) is 16.7 Å². The van der Waals surface area contributed by atoms with Gasteiger partial charge in [-0.2, -0.15) is 0 Å². The Morgan fingerprint density at radius 1 is 0.634 bits per heavy atom. The van der Waals surface area contributed by atoms with Crippen molar-refractivity contribution in [3.05, 3.63) is 59.9 Å². The molecule has 230 valence electrons. The molecule has 0 aliphatic heterocycles. The first-order valence-electron chi connectivity index (χ1n) is 15.6. The summed E-state index contributed by atoms with van der Waals surface area (Å²) < 4.78 is 34.2. The summed E-state index contributed by atoms with van der Waals surface area (Å²) in [5.41, 5.74) is 3.51. The quantitative estimate of drug-likeness (QED) is 0.0893. The summed E-state index contributed by atoms with van der Waals surface area (Å²) in [4.78, 5) is 2.53. The SMILES string of the molecule is O=S(=O)([O-])CCCC[n+]1ccc(/C=C/c2ccc(N(CCCCCCCCO)CCCCCCCCO)cc2)cc1. The molecule has 1 heterocycles. The van der Waals surface area contributed by atoms with Gasteiger partial charge in [0, 0.05) is 56.3 Å². The molecule has 2 aromatic rings. The number of aryl methyl sites for hydroxylation is 1. The molecule has 2 N–H and O–H groups in total. The van der Waals surface area contributed by atoms with Crippen LogP contribution in [0.1, 0.15) is 101 Å². The maximum absolute atomic E-state index is 10.7. The highest BCUT2D eigenvalue weighted by molar-refractivity contribution is 7.85. The molecule has 0 atom stereocenters. The zero-order valence-electron chi connectivity index (χ0n) is 24.8. The number of aliphatic hydroxyl groups is 2. The van der Waals surface area contributed by atoms with Gasteiger partial charge >= 0.3 is 0 Å². The second-order valence-corrected chi connectivity index (χ2v) is 12.5. The lowest BCUT2D eigenvalue weighted by Crippen LogP contribution is -2.32. The Hall–Kier alpha value is -2.26. The molecule has 0 aliphatic carbocycles. The van der Waals surface area contributed by atoms with E-state index >= 15 is 0 Å². The molecule has 2 rings (SSSR count). The molecule has 0 unspecified atom stereocenters. The molecule has 8 heteroatoms. The van der Waals surface area contributed by atoms with E-state index in [1.165, 1.54) is 57.1 Å². The van der Waals surface area contributed by atoms with Crippen LogP contribution in [0.15, 0.2) is 48.8 Å². The first-order chi connectivity index (χ1) is 19.9. The van der Waals surface area contributed by atoms with Crippen LogP contribution in [0.5, 0.6) is 0 Å². The number of hydrogen-bond donors (Lipinski definition) is 2. The van der Waals surface area contributed by atoms with Gasteiger partial charge in [-0.15, -0.1) is 0 Å². The van der Waals surface area contributed by atoms with Crippen LogP contribution in [0.3, 0.4) is 0 Å². The van der Waals surface area contributed by atoms with E-state index in [9.17, 15) is 13.0 Å². The van der Waals surface area contributed by atoms with Crippen molar-refractivity contribution in [2.75, 3.05) is 37.0 Å². The lowest BCUT2D eigenvalue weighted by molar-refractivity contribution is -0.697. The van der Waals surface area contributed by atoms with Crippen molar-refractivity contribution in [1.29, 1.82) is 0 Å². The highest BCUT2D eigenvalue weighted by Crippen LogP contribution is 2.20. The number of nitrogens with zero attached hydrogens (tertiary/aromatic N) is 2. The van der Waals surface area contributed by atoms with Gasteiger partial charge in [-0.25, -0.2) is 13.0 Å². The second-order valence-electron chi connectivity index (χ2n) is 10.9. The van der Waals surface area contributed by atoms with Crippen LogP contribution >= 0.6 is 0 Å². The normalized spacial score (nSPS) is 11.9. The minimum atomic E-state index is -4.13. The monoisotopic (exact) mass is 588 g/mol. The Labute approximate surface area is 248 Å². The largest absolute Gasteiger partial charge is 0.748 e.